The fraction of sp³-hybridized carbons (Fsp3) is 0.800. The normalized spacial score (nSPS) is 12.2. The smallest absolute Gasteiger partial charge is 0.138 e. The van der Waals surface area contributed by atoms with Crippen LogP contribution in [0.15, 0.2) is 4.99 Å². The summed E-state index contributed by atoms with van der Waals surface area (Å²) in [6.45, 7) is 7.99. The van der Waals surface area contributed by atoms with E-state index >= 15 is 0 Å². The van der Waals surface area contributed by atoms with Crippen LogP contribution in [0, 0.1) is 0 Å². The first-order valence-corrected chi connectivity index (χ1v) is 4.61. The van der Waals surface area contributed by atoms with Crippen LogP contribution in [-0.4, -0.2) is 17.5 Å². The van der Waals surface area contributed by atoms with Gasteiger partial charge in [0.15, 0.2) is 0 Å². The summed E-state index contributed by atoms with van der Waals surface area (Å²) in [5, 5.41) is 0. The van der Waals surface area contributed by atoms with Crippen LogP contribution < -0.4 is 0 Å². The zero-order valence-electron chi connectivity index (χ0n) is 8.55. The Morgan fingerprint density at radius 2 is 2.00 bits per heavy atom. The molecule has 0 saturated heterocycles. The number of rotatable bonds is 5. The lowest BCUT2D eigenvalue weighted by Crippen LogP contribution is -2.06. The average molecular weight is 169 g/mol. The van der Waals surface area contributed by atoms with E-state index in [1.54, 1.807) is 0 Å². The fourth-order valence-electron chi connectivity index (χ4n) is 1.14. The van der Waals surface area contributed by atoms with Crippen molar-refractivity contribution in [3.8, 4) is 0 Å². The second-order valence-corrected chi connectivity index (χ2v) is 3.42. The number of carbonyl (C=O) groups is 1. The number of aliphatic imine (C=N–C) groups is 1. The molecular weight excluding hydrogens is 150 g/mol. The average Bonchev–Trinajstić information content (AvgIpc) is 1.84. The molecule has 0 saturated carbocycles. The zero-order valence-corrected chi connectivity index (χ0v) is 8.55. The first-order valence-electron chi connectivity index (χ1n) is 4.61. The summed E-state index contributed by atoms with van der Waals surface area (Å²) in [5.41, 5.74) is 0.962. The summed E-state index contributed by atoms with van der Waals surface area (Å²) in [4.78, 5) is 15.4. The topological polar surface area (TPSA) is 29.4 Å². The number of hydrogen-bond donors (Lipinski definition) is 0. The summed E-state index contributed by atoms with van der Waals surface area (Å²) < 4.78 is 0. The van der Waals surface area contributed by atoms with Crippen LogP contribution in [0.3, 0.4) is 0 Å². The van der Waals surface area contributed by atoms with Gasteiger partial charge in [0, 0.05) is 24.6 Å². The van der Waals surface area contributed by atoms with Crippen molar-refractivity contribution in [1.82, 2.24) is 0 Å². The first-order chi connectivity index (χ1) is 5.56. The minimum Gasteiger partial charge on any atom is -0.299 e. The predicted octanol–water partition coefficient (Wildman–Crippen LogP) is 2.62. The van der Waals surface area contributed by atoms with Crippen molar-refractivity contribution >= 4 is 11.5 Å². The van der Waals surface area contributed by atoms with Crippen LogP contribution in [0.2, 0.25) is 0 Å². The van der Waals surface area contributed by atoms with Gasteiger partial charge in [-0.05, 0) is 27.2 Å². The van der Waals surface area contributed by atoms with E-state index in [1.807, 2.05) is 27.7 Å². The zero-order chi connectivity index (χ0) is 9.56. The third-order valence-electron chi connectivity index (χ3n) is 1.46. The molecule has 0 bridgehead atoms. The predicted molar refractivity (Wildman–Crippen MR) is 52.8 cm³/mol. The van der Waals surface area contributed by atoms with Crippen LogP contribution in [0.4, 0.5) is 0 Å². The highest BCUT2D eigenvalue weighted by Gasteiger charge is 2.02. The Hall–Kier alpha value is -0.660. The molecule has 0 aliphatic heterocycles. The van der Waals surface area contributed by atoms with Crippen LogP contribution in [0.5, 0.6) is 0 Å². The second kappa shape index (κ2) is 5.92. The Bertz CT molecular complexity index is 171. The maximum absolute atomic E-state index is 11.2. The second-order valence-electron chi connectivity index (χ2n) is 3.42. The molecule has 0 amide bonds. The molecule has 70 valence electrons. The van der Waals surface area contributed by atoms with Gasteiger partial charge in [-0.15, -0.1) is 0 Å². The summed E-state index contributed by atoms with van der Waals surface area (Å²) >= 11 is 0. The van der Waals surface area contributed by atoms with Crippen molar-refractivity contribution in [2.24, 2.45) is 4.99 Å². The highest BCUT2D eigenvalue weighted by Crippen LogP contribution is 1.98. The van der Waals surface area contributed by atoms with Gasteiger partial charge in [-0.3, -0.25) is 9.79 Å². The molecule has 0 heterocycles. The largest absolute Gasteiger partial charge is 0.299 e. The highest BCUT2D eigenvalue weighted by atomic mass is 16.1. The summed E-state index contributed by atoms with van der Waals surface area (Å²) in [6, 6.07) is 0.305. The molecule has 12 heavy (non-hydrogen) atoms. The van der Waals surface area contributed by atoms with E-state index in [0.29, 0.717) is 24.7 Å². The van der Waals surface area contributed by atoms with E-state index in [9.17, 15) is 4.79 Å². The molecule has 2 heteroatoms. The molecule has 0 atom stereocenters. The number of Topliss-reactive ketones (excluding diaryl/α,β-unsaturated/α-hetero) is 1. The van der Waals surface area contributed by atoms with Gasteiger partial charge in [0.2, 0.25) is 0 Å². The van der Waals surface area contributed by atoms with Gasteiger partial charge in [0.05, 0.1) is 0 Å². The molecule has 0 aromatic rings. The maximum atomic E-state index is 11.2. The minimum absolute atomic E-state index is 0.305. The molecule has 0 aromatic carbocycles. The van der Waals surface area contributed by atoms with Gasteiger partial charge in [-0.1, -0.05) is 6.92 Å². The Kier molecular flexibility index (Phi) is 5.60. The Labute approximate surface area is 75.1 Å². The quantitative estimate of drug-likeness (QED) is 0.582. The van der Waals surface area contributed by atoms with Crippen molar-refractivity contribution < 1.29 is 4.79 Å². The lowest BCUT2D eigenvalue weighted by molar-refractivity contribution is -0.117. The number of hydrogen-bond acceptors (Lipinski definition) is 2. The van der Waals surface area contributed by atoms with Crippen molar-refractivity contribution in [3.05, 3.63) is 0 Å². The lowest BCUT2D eigenvalue weighted by Gasteiger charge is -2.01. The first kappa shape index (κ1) is 11.3. The van der Waals surface area contributed by atoms with Gasteiger partial charge >= 0.3 is 0 Å². The molecule has 0 radical (unpaired) electrons. The molecule has 0 rings (SSSR count). The van der Waals surface area contributed by atoms with Crippen LogP contribution >= 0.6 is 0 Å². The third kappa shape index (κ3) is 6.08. The van der Waals surface area contributed by atoms with Gasteiger partial charge in [0.25, 0.3) is 0 Å². The van der Waals surface area contributed by atoms with Gasteiger partial charge in [0.1, 0.15) is 5.78 Å². The molecule has 0 aromatic heterocycles. The van der Waals surface area contributed by atoms with Crippen molar-refractivity contribution in [2.75, 3.05) is 0 Å². The number of nitrogens with zero attached hydrogens (tertiary/aromatic N) is 1. The SMILES string of the molecule is CCCC(=O)C/C(C)=N\C(C)C. The lowest BCUT2D eigenvalue weighted by atomic mass is 10.1. The fourth-order valence-corrected chi connectivity index (χ4v) is 1.14. The summed E-state index contributed by atoms with van der Waals surface area (Å²) in [5.74, 6) is 0.305. The van der Waals surface area contributed by atoms with Crippen molar-refractivity contribution in [3.63, 3.8) is 0 Å². The Balaban J connectivity index is 3.83. The maximum Gasteiger partial charge on any atom is 0.138 e. The van der Waals surface area contributed by atoms with E-state index in [1.165, 1.54) is 0 Å². The molecule has 2 nitrogen and oxygen atoms in total. The highest BCUT2D eigenvalue weighted by molar-refractivity contribution is 6.00. The van der Waals surface area contributed by atoms with Gasteiger partial charge in [-0.2, -0.15) is 0 Å². The molecule has 0 N–H and O–H groups in total. The van der Waals surface area contributed by atoms with Gasteiger partial charge in [-0.25, -0.2) is 0 Å². The van der Waals surface area contributed by atoms with Gasteiger partial charge < -0.3 is 0 Å². The number of carbonyl (C=O) groups excluding carboxylic acids is 1. The monoisotopic (exact) mass is 169 g/mol. The summed E-state index contributed by atoms with van der Waals surface area (Å²) in [6.07, 6.45) is 2.16. The van der Waals surface area contributed by atoms with Crippen LogP contribution in [0.25, 0.3) is 0 Å². The van der Waals surface area contributed by atoms with Crippen LogP contribution in [0.1, 0.15) is 47.0 Å². The van der Waals surface area contributed by atoms with E-state index < -0.39 is 0 Å². The molecule has 0 aliphatic carbocycles. The van der Waals surface area contributed by atoms with E-state index in [4.69, 9.17) is 0 Å². The van der Waals surface area contributed by atoms with E-state index in [-0.39, 0.29) is 0 Å². The third-order valence-corrected chi connectivity index (χ3v) is 1.46. The summed E-state index contributed by atoms with van der Waals surface area (Å²) in [7, 11) is 0. The van der Waals surface area contributed by atoms with Crippen LogP contribution in [-0.2, 0) is 4.79 Å². The molecule has 0 unspecified atom stereocenters. The van der Waals surface area contributed by atoms with Crippen molar-refractivity contribution in [1.29, 1.82) is 0 Å². The van der Waals surface area contributed by atoms with Crippen molar-refractivity contribution in [2.45, 2.75) is 53.0 Å². The van der Waals surface area contributed by atoms with E-state index in [2.05, 4.69) is 4.99 Å². The van der Waals surface area contributed by atoms with E-state index in [0.717, 1.165) is 12.1 Å². The Morgan fingerprint density at radius 3 is 2.42 bits per heavy atom. The molecule has 0 fully saturated rings. The molecule has 0 spiro atoms. The number of ketones is 1. The Morgan fingerprint density at radius 1 is 1.42 bits per heavy atom. The molecular formula is C10H19NO. The minimum atomic E-state index is 0.305. The standard InChI is InChI=1S/C10H19NO/c1-5-6-10(12)7-9(4)11-8(2)3/h8H,5-7H2,1-4H3/b11-9-. The molecule has 0 aliphatic rings.